The molecule has 8 heteroatoms. The summed E-state index contributed by atoms with van der Waals surface area (Å²) in [6.07, 6.45) is 2.60. The molecule has 3 heterocycles. The number of thiophene rings is 1. The van der Waals surface area contributed by atoms with Crippen LogP contribution in [0.2, 0.25) is 0 Å². The van der Waals surface area contributed by atoms with Crippen LogP contribution in [-0.2, 0) is 20.9 Å². The minimum atomic E-state index is -0.181. The van der Waals surface area contributed by atoms with E-state index in [2.05, 4.69) is 15.2 Å². The van der Waals surface area contributed by atoms with Gasteiger partial charge in [0.15, 0.2) is 5.78 Å². The number of amides is 1. The van der Waals surface area contributed by atoms with E-state index >= 15 is 0 Å². The van der Waals surface area contributed by atoms with Gasteiger partial charge >= 0.3 is 0 Å². The number of carbonyl (C=O) groups is 3. The number of aromatic nitrogens is 1. The van der Waals surface area contributed by atoms with Gasteiger partial charge in [0.2, 0.25) is 5.91 Å². The fourth-order valence-corrected chi connectivity index (χ4v) is 4.20. The highest BCUT2D eigenvalue weighted by Gasteiger charge is 2.18. The van der Waals surface area contributed by atoms with Crippen LogP contribution in [-0.4, -0.2) is 48.3 Å². The highest BCUT2D eigenvalue weighted by molar-refractivity contribution is 7.14. The Labute approximate surface area is 186 Å². The molecule has 1 atom stereocenters. The summed E-state index contributed by atoms with van der Waals surface area (Å²) in [5.41, 5.74) is 0.904. The number of anilines is 1. The second-order valence-electron chi connectivity index (χ2n) is 7.80. The Morgan fingerprint density at radius 1 is 1.16 bits per heavy atom. The fraction of sp³-hybridized carbons (Fsp3) is 0.478. The first kappa shape index (κ1) is 23.1. The molecule has 0 spiro atoms. The number of Topliss-reactive ketones (excluding diaryl/α,β-unsaturated/α-hetero) is 2. The maximum Gasteiger partial charge on any atom is 0.220 e. The van der Waals surface area contributed by atoms with E-state index in [9.17, 15) is 14.4 Å². The van der Waals surface area contributed by atoms with E-state index in [0.29, 0.717) is 18.0 Å². The molecule has 1 saturated heterocycles. The average Bonchev–Trinajstić information content (AvgIpc) is 3.21. The zero-order chi connectivity index (χ0) is 22.2. The predicted octanol–water partition coefficient (Wildman–Crippen LogP) is 3.31. The van der Waals surface area contributed by atoms with Gasteiger partial charge in [0.25, 0.3) is 0 Å². The van der Waals surface area contributed by atoms with E-state index in [1.165, 1.54) is 11.3 Å². The first-order valence-corrected chi connectivity index (χ1v) is 11.4. The maximum atomic E-state index is 12.1. The summed E-state index contributed by atoms with van der Waals surface area (Å²) in [6, 6.07) is 7.60. The monoisotopic (exact) mass is 443 g/mol. The van der Waals surface area contributed by atoms with Crippen LogP contribution in [0.5, 0.6) is 0 Å². The molecule has 0 bridgehead atoms. The number of aryl methyl sites for hydroxylation is 1. The Bertz CT molecular complexity index is 910. The Morgan fingerprint density at radius 3 is 2.65 bits per heavy atom. The number of morpholine rings is 1. The number of carbonyl (C=O) groups excluding carboxylic acids is 3. The van der Waals surface area contributed by atoms with Gasteiger partial charge in [-0.05, 0) is 37.6 Å². The Morgan fingerprint density at radius 2 is 1.97 bits per heavy atom. The van der Waals surface area contributed by atoms with Crippen LogP contribution < -0.4 is 10.2 Å². The van der Waals surface area contributed by atoms with Crippen LogP contribution >= 0.6 is 11.3 Å². The lowest BCUT2D eigenvalue weighted by Crippen LogP contribution is -2.41. The highest BCUT2D eigenvalue weighted by Crippen LogP contribution is 2.18. The van der Waals surface area contributed by atoms with E-state index in [1.807, 2.05) is 32.0 Å². The van der Waals surface area contributed by atoms with Crippen molar-refractivity contribution in [3.8, 4) is 0 Å². The van der Waals surface area contributed by atoms with E-state index in [-0.39, 0.29) is 49.3 Å². The molecule has 1 aliphatic rings. The fourth-order valence-electron chi connectivity index (χ4n) is 3.36. The van der Waals surface area contributed by atoms with Gasteiger partial charge in [-0.3, -0.25) is 14.4 Å². The lowest BCUT2D eigenvalue weighted by molar-refractivity contribution is -0.125. The number of rotatable bonds is 10. The van der Waals surface area contributed by atoms with E-state index in [1.54, 1.807) is 12.3 Å². The smallest absolute Gasteiger partial charge is 0.220 e. The molecule has 3 rings (SSSR count). The molecule has 1 N–H and O–H groups in total. The van der Waals surface area contributed by atoms with Crippen molar-refractivity contribution in [3.05, 3.63) is 45.8 Å². The number of pyridine rings is 1. The number of ether oxygens (including phenoxy) is 1. The van der Waals surface area contributed by atoms with Crippen LogP contribution in [0.4, 0.5) is 5.82 Å². The number of hydrogen-bond donors (Lipinski definition) is 1. The van der Waals surface area contributed by atoms with Gasteiger partial charge in [-0.15, -0.1) is 11.3 Å². The van der Waals surface area contributed by atoms with Gasteiger partial charge in [-0.1, -0.05) is 6.07 Å². The normalized spacial score (nSPS) is 16.2. The molecule has 1 amide bonds. The van der Waals surface area contributed by atoms with Crippen molar-refractivity contribution in [1.82, 2.24) is 10.3 Å². The molecule has 0 radical (unpaired) electrons. The molecule has 1 aliphatic heterocycles. The SMILES string of the molecule is Cc1ccc(C(=O)CCC(=O)CCC(=O)NCc2ccc(N3CCOC(C)C3)nc2)s1. The Balaban J connectivity index is 1.34. The lowest BCUT2D eigenvalue weighted by Gasteiger charge is -2.32. The standard InChI is InChI=1S/C23H29N3O4S/c1-16-15-26(11-12-30-16)22-9-4-18(13-24-22)14-25-23(29)10-6-19(27)5-7-20(28)21-8-3-17(2)31-21/h3-4,8-9,13,16H,5-7,10-12,14-15H2,1-2H3,(H,25,29). The summed E-state index contributed by atoms with van der Waals surface area (Å²) < 4.78 is 5.55. The zero-order valence-corrected chi connectivity index (χ0v) is 18.9. The topological polar surface area (TPSA) is 88.6 Å². The maximum absolute atomic E-state index is 12.1. The molecule has 0 aromatic carbocycles. The molecule has 31 heavy (non-hydrogen) atoms. The molecule has 166 valence electrons. The number of ketones is 2. The quantitative estimate of drug-likeness (QED) is 0.567. The van der Waals surface area contributed by atoms with Crippen molar-refractivity contribution in [2.75, 3.05) is 24.6 Å². The first-order chi connectivity index (χ1) is 14.9. The minimum Gasteiger partial charge on any atom is -0.375 e. The summed E-state index contributed by atoms with van der Waals surface area (Å²) >= 11 is 1.44. The van der Waals surface area contributed by atoms with Crippen LogP contribution in [0.3, 0.4) is 0 Å². The largest absolute Gasteiger partial charge is 0.375 e. The minimum absolute atomic E-state index is 0.0154. The summed E-state index contributed by atoms with van der Waals surface area (Å²) in [7, 11) is 0. The second kappa shape index (κ2) is 11.2. The molecule has 1 unspecified atom stereocenters. The molecule has 0 saturated carbocycles. The van der Waals surface area contributed by atoms with E-state index in [0.717, 1.165) is 29.3 Å². The molecular weight excluding hydrogens is 414 g/mol. The van der Waals surface area contributed by atoms with Crippen molar-refractivity contribution in [2.24, 2.45) is 0 Å². The van der Waals surface area contributed by atoms with Gasteiger partial charge < -0.3 is 15.0 Å². The molecule has 2 aromatic heterocycles. The van der Waals surface area contributed by atoms with E-state index in [4.69, 9.17) is 4.74 Å². The first-order valence-electron chi connectivity index (χ1n) is 10.6. The third-order valence-corrected chi connectivity index (χ3v) is 6.18. The van der Waals surface area contributed by atoms with Crippen LogP contribution in [0.25, 0.3) is 0 Å². The van der Waals surface area contributed by atoms with Crippen LogP contribution in [0, 0.1) is 6.92 Å². The van der Waals surface area contributed by atoms with Crippen molar-refractivity contribution in [2.45, 2.75) is 52.2 Å². The molecule has 2 aromatic rings. The highest BCUT2D eigenvalue weighted by atomic mass is 32.1. The summed E-state index contributed by atoms with van der Waals surface area (Å²) in [6.45, 7) is 6.69. The van der Waals surface area contributed by atoms with Gasteiger partial charge in [0.1, 0.15) is 11.6 Å². The molecule has 7 nitrogen and oxygen atoms in total. The molecule has 1 fully saturated rings. The van der Waals surface area contributed by atoms with Crippen molar-refractivity contribution in [3.63, 3.8) is 0 Å². The van der Waals surface area contributed by atoms with Gasteiger partial charge in [-0.25, -0.2) is 4.98 Å². The average molecular weight is 444 g/mol. The third kappa shape index (κ3) is 7.25. The van der Waals surface area contributed by atoms with E-state index < -0.39 is 0 Å². The number of nitrogens with zero attached hydrogens (tertiary/aromatic N) is 2. The van der Waals surface area contributed by atoms with Gasteiger partial charge in [0, 0.05) is 56.4 Å². The van der Waals surface area contributed by atoms with Crippen LogP contribution in [0.1, 0.15) is 52.7 Å². The zero-order valence-electron chi connectivity index (χ0n) is 18.1. The Hall–Kier alpha value is -2.58. The van der Waals surface area contributed by atoms with Gasteiger partial charge in [0.05, 0.1) is 17.6 Å². The van der Waals surface area contributed by atoms with Crippen molar-refractivity contribution >= 4 is 34.6 Å². The summed E-state index contributed by atoms with van der Waals surface area (Å²) in [5, 5.41) is 2.82. The summed E-state index contributed by atoms with van der Waals surface area (Å²) in [5.74, 6) is 0.642. The van der Waals surface area contributed by atoms with Gasteiger partial charge in [-0.2, -0.15) is 0 Å². The molecular formula is C23H29N3O4S. The second-order valence-corrected chi connectivity index (χ2v) is 9.09. The lowest BCUT2D eigenvalue weighted by atomic mass is 10.1. The van der Waals surface area contributed by atoms with Crippen molar-refractivity contribution < 1.29 is 19.1 Å². The summed E-state index contributed by atoms with van der Waals surface area (Å²) in [4.78, 5) is 44.6. The third-order valence-electron chi connectivity index (χ3n) is 5.14. The Kier molecular flexibility index (Phi) is 8.31. The predicted molar refractivity (Wildman–Crippen MR) is 121 cm³/mol. The number of nitrogens with one attached hydrogen (secondary N) is 1. The van der Waals surface area contributed by atoms with Crippen molar-refractivity contribution in [1.29, 1.82) is 0 Å². The number of hydrogen-bond acceptors (Lipinski definition) is 7. The van der Waals surface area contributed by atoms with Crippen LogP contribution in [0.15, 0.2) is 30.5 Å². The molecule has 0 aliphatic carbocycles.